The van der Waals surface area contributed by atoms with Crippen LogP contribution >= 0.6 is 11.8 Å². The third kappa shape index (κ3) is 6.23. The van der Waals surface area contributed by atoms with E-state index in [1.54, 1.807) is 18.9 Å². The lowest BCUT2D eigenvalue weighted by atomic mass is 10.2. The standard InChI is InChI=1S/C9H20N2O2S/c1-7(6-14-3)11-9(12)8(10)4-5-13-2/h7-8H,4-6,10H2,1-3H3,(H,11,12). The molecule has 0 heterocycles. The number of methoxy groups -OCH3 is 1. The van der Waals surface area contributed by atoms with Gasteiger partial charge >= 0.3 is 0 Å². The molecule has 0 aromatic rings. The molecular weight excluding hydrogens is 200 g/mol. The van der Waals surface area contributed by atoms with Crippen molar-refractivity contribution in [3.8, 4) is 0 Å². The predicted octanol–water partition coefficient (Wildman–Crippen LogP) is 0.218. The average Bonchev–Trinajstić information content (AvgIpc) is 2.14. The molecule has 0 aliphatic carbocycles. The molecule has 2 unspecified atom stereocenters. The van der Waals surface area contributed by atoms with E-state index >= 15 is 0 Å². The maximum atomic E-state index is 11.4. The summed E-state index contributed by atoms with van der Waals surface area (Å²) in [4.78, 5) is 11.4. The van der Waals surface area contributed by atoms with Crippen molar-refractivity contribution < 1.29 is 9.53 Å². The summed E-state index contributed by atoms with van der Waals surface area (Å²) in [5.41, 5.74) is 5.65. The lowest BCUT2D eigenvalue weighted by molar-refractivity contribution is -0.123. The molecule has 1 amide bonds. The van der Waals surface area contributed by atoms with E-state index < -0.39 is 6.04 Å². The van der Waals surface area contributed by atoms with E-state index in [-0.39, 0.29) is 11.9 Å². The fraction of sp³-hybridized carbons (Fsp3) is 0.889. The molecule has 14 heavy (non-hydrogen) atoms. The van der Waals surface area contributed by atoms with E-state index in [0.29, 0.717) is 13.0 Å². The van der Waals surface area contributed by atoms with E-state index in [9.17, 15) is 4.79 Å². The first-order valence-corrected chi connectivity index (χ1v) is 6.05. The molecule has 2 atom stereocenters. The Morgan fingerprint density at radius 3 is 2.79 bits per heavy atom. The quantitative estimate of drug-likeness (QED) is 0.644. The Labute approximate surface area is 89.9 Å². The normalized spacial score (nSPS) is 14.9. The van der Waals surface area contributed by atoms with Crippen LogP contribution in [0.1, 0.15) is 13.3 Å². The summed E-state index contributed by atoms with van der Waals surface area (Å²) in [5, 5.41) is 2.85. The van der Waals surface area contributed by atoms with Crippen molar-refractivity contribution in [1.82, 2.24) is 5.32 Å². The average molecular weight is 220 g/mol. The fourth-order valence-electron chi connectivity index (χ4n) is 1.02. The second-order valence-electron chi connectivity index (χ2n) is 3.25. The Bertz CT molecular complexity index is 167. The summed E-state index contributed by atoms with van der Waals surface area (Å²) >= 11 is 1.70. The second kappa shape index (κ2) is 8.08. The molecule has 84 valence electrons. The minimum absolute atomic E-state index is 0.0939. The van der Waals surface area contributed by atoms with Gasteiger partial charge in [-0.3, -0.25) is 4.79 Å². The van der Waals surface area contributed by atoms with Crippen LogP contribution in [0.15, 0.2) is 0 Å². The highest BCUT2D eigenvalue weighted by Gasteiger charge is 2.14. The van der Waals surface area contributed by atoms with Crippen LogP contribution in [0, 0.1) is 0 Å². The summed E-state index contributed by atoms with van der Waals surface area (Å²) in [6.45, 7) is 2.49. The van der Waals surface area contributed by atoms with Gasteiger partial charge in [0.15, 0.2) is 0 Å². The number of ether oxygens (including phenoxy) is 1. The van der Waals surface area contributed by atoms with E-state index in [1.165, 1.54) is 0 Å². The Balaban J connectivity index is 3.71. The molecule has 0 fully saturated rings. The number of nitrogens with one attached hydrogen (secondary N) is 1. The summed E-state index contributed by atoms with van der Waals surface area (Å²) in [6.07, 6.45) is 2.57. The summed E-state index contributed by atoms with van der Waals surface area (Å²) in [6, 6.07) is -0.287. The SMILES string of the molecule is COCCC(N)C(=O)NC(C)CSC. The van der Waals surface area contributed by atoms with Crippen molar-refractivity contribution in [2.75, 3.05) is 25.7 Å². The van der Waals surface area contributed by atoms with Gasteiger partial charge in [-0.15, -0.1) is 0 Å². The van der Waals surface area contributed by atoms with Gasteiger partial charge in [0.25, 0.3) is 0 Å². The number of carbonyl (C=O) groups excluding carboxylic acids is 1. The Kier molecular flexibility index (Phi) is 7.93. The first-order valence-electron chi connectivity index (χ1n) is 4.65. The molecule has 0 aliphatic heterocycles. The van der Waals surface area contributed by atoms with Crippen LogP contribution in [-0.4, -0.2) is 43.7 Å². The number of carbonyl (C=O) groups is 1. The molecule has 3 N–H and O–H groups in total. The van der Waals surface area contributed by atoms with Crippen molar-refractivity contribution in [2.45, 2.75) is 25.4 Å². The summed E-state index contributed by atoms with van der Waals surface area (Å²) in [5.74, 6) is 0.812. The van der Waals surface area contributed by atoms with Crippen LogP contribution in [0.3, 0.4) is 0 Å². The van der Waals surface area contributed by atoms with Crippen LogP contribution in [0.2, 0.25) is 0 Å². The number of amides is 1. The van der Waals surface area contributed by atoms with Crippen LogP contribution in [-0.2, 0) is 9.53 Å². The highest BCUT2D eigenvalue weighted by molar-refractivity contribution is 7.98. The first kappa shape index (κ1) is 13.7. The Morgan fingerprint density at radius 1 is 1.64 bits per heavy atom. The van der Waals surface area contributed by atoms with Gasteiger partial charge in [0.2, 0.25) is 5.91 Å². The van der Waals surface area contributed by atoms with Crippen LogP contribution in [0.5, 0.6) is 0 Å². The third-order valence-electron chi connectivity index (χ3n) is 1.78. The highest BCUT2D eigenvalue weighted by atomic mass is 32.2. The second-order valence-corrected chi connectivity index (χ2v) is 4.16. The van der Waals surface area contributed by atoms with Gasteiger partial charge in [0.1, 0.15) is 0 Å². The van der Waals surface area contributed by atoms with Crippen molar-refractivity contribution in [1.29, 1.82) is 0 Å². The smallest absolute Gasteiger partial charge is 0.237 e. The lowest BCUT2D eigenvalue weighted by Crippen LogP contribution is -2.45. The molecule has 0 aromatic carbocycles. The van der Waals surface area contributed by atoms with Gasteiger partial charge in [0.05, 0.1) is 6.04 Å². The van der Waals surface area contributed by atoms with E-state index in [0.717, 1.165) is 5.75 Å². The van der Waals surface area contributed by atoms with Crippen molar-refractivity contribution in [3.63, 3.8) is 0 Å². The molecule has 0 spiro atoms. The number of hydrogen-bond acceptors (Lipinski definition) is 4. The van der Waals surface area contributed by atoms with Crippen molar-refractivity contribution in [3.05, 3.63) is 0 Å². The largest absolute Gasteiger partial charge is 0.385 e. The number of hydrogen-bond donors (Lipinski definition) is 2. The van der Waals surface area contributed by atoms with E-state index in [1.807, 2.05) is 13.2 Å². The minimum Gasteiger partial charge on any atom is -0.385 e. The molecule has 0 radical (unpaired) electrons. The molecule has 0 rings (SSSR count). The zero-order valence-electron chi connectivity index (χ0n) is 9.08. The molecule has 0 saturated heterocycles. The number of thioether (sulfide) groups is 1. The molecular formula is C9H20N2O2S. The van der Waals surface area contributed by atoms with Crippen molar-refractivity contribution in [2.24, 2.45) is 5.73 Å². The van der Waals surface area contributed by atoms with Crippen molar-refractivity contribution >= 4 is 17.7 Å². The summed E-state index contributed by atoms with van der Waals surface area (Å²) < 4.78 is 4.85. The summed E-state index contributed by atoms with van der Waals surface area (Å²) in [7, 11) is 1.60. The predicted molar refractivity (Wildman–Crippen MR) is 60.5 cm³/mol. The molecule has 0 saturated carbocycles. The van der Waals surface area contributed by atoms with E-state index in [2.05, 4.69) is 5.32 Å². The van der Waals surface area contributed by atoms with Gasteiger partial charge in [-0.1, -0.05) is 0 Å². The minimum atomic E-state index is -0.459. The van der Waals surface area contributed by atoms with Gasteiger partial charge in [0, 0.05) is 25.5 Å². The number of nitrogens with two attached hydrogens (primary N) is 1. The molecule has 4 nitrogen and oxygen atoms in total. The topological polar surface area (TPSA) is 64.3 Å². The van der Waals surface area contributed by atoms with Crippen LogP contribution in [0.25, 0.3) is 0 Å². The first-order chi connectivity index (χ1) is 6.61. The Morgan fingerprint density at radius 2 is 2.29 bits per heavy atom. The Hall–Kier alpha value is -0.260. The zero-order valence-corrected chi connectivity index (χ0v) is 9.89. The highest BCUT2D eigenvalue weighted by Crippen LogP contribution is 1.97. The molecule has 0 aliphatic rings. The van der Waals surface area contributed by atoms with Gasteiger partial charge in [-0.25, -0.2) is 0 Å². The third-order valence-corrected chi connectivity index (χ3v) is 2.61. The lowest BCUT2D eigenvalue weighted by Gasteiger charge is -2.16. The maximum absolute atomic E-state index is 11.4. The maximum Gasteiger partial charge on any atom is 0.237 e. The fourth-order valence-corrected chi connectivity index (χ4v) is 1.60. The van der Waals surface area contributed by atoms with Gasteiger partial charge in [-0.2, -0.15) is 11.8 Å². The van der Waals surface area contributed by atoms with Crippen LogP contribution < -0.4 is 11.1 Å². The monoisotopic (exact) mass is 220 g/mol. The molecule has 5 heteroatoms. The van der Waals surface area contributed by atoms with E-state index in [4.69, 9.17) is 10.5 Å². The number of rotatable bonds is 7. The van der Waals surface area contributed by atoms with Gasteiger partial charge < -0.3 is 15.8 Å². The van der Waals surface area contributed by atoms with Crippen LogP contribution in [0.4, 0.5) is 0 Å². The molecule has 0 aromatic heterocycles. The zero-order chi connectivity index (χ0) is 11.0. The van der Waals surface area contributed by atoms with Gasteiger partial charge in [-0.05, 0) is 19.6 Å². The molecule has 0 bridgehead atoms.